The number of likely N-dealkylation sites (tertiary alicyclic amines) is 1. The van der Waals surface area contributed by atoms with E-state index in [1.807, 2.05) is 30.3 Å². The predicted molar refractivity (Wildman–Crippen MR) is 79.3 cm³/mol. The summed E-state index contributed by atoms with van der Waals surface area (Å²) < 4.78 is 10.3. The Kier molecular flexibility index (Phi) is 4.18. The number of benzene rings is 1. The number of hydrogen-bond acceptors (Lipinski definition) is 4. The summed E-state index contributed by atoms with van der Waals surface area (Å²) in [5.41, 5.74) is 0.756. The minimum atomic E-state index is -0.355. The van der Waals surface area contributed by atoms with Gasteiger partial charge in [0.25, 0.3) is 0 Å². The monoisotopic (exact) mass is 304 g/mol. The molecule has 22 heavy (non-hydrogen) atoms. The second-order valence-electron chi connectivity index (χ2n) is 5.82. The van der Waals surface area contributed by atoms with Crippen molar-refractivity contribution in [3.05, 3.63) is 35.9 Å². The van der Waals surface area contributed by atoms with Gasteiger partial charge in [-0.25, -0.2) is 9.59 Å². The number of alkyl carbamates (subject to hydrolysis) is 1. The Bertz CT molecular complexity index is 538. The van der Waals surface area contributed by atoms with Crippen molar-refractivity contribution >= 4 is 12.2 Å². The molecular weight excluding hydrogens is 284 g/mol. The summed E-state index contributed by atoms with van der Waals surface area (Å²) in [7, 11) is 0. The van der Waals surface area contributed by atoms with E-state index in [2.05, 4.69) is 5.32 Å². The maximum Gasteiger partial charge on any atom is 0.410 e. The number of cyclic esters (lactones) is 1. The van der Waals surface area contributed by atoms with Crippen LogP contribution in [0.25, 0.3) is 0 Å². The van der Waals surface area contributed by atoms with Gasteiger partial charge < -0.3 is 19.7 Å². The zero-order valence-corrected chi connectivity index (χ0v) is 12.4. The van der Waals surface area contributed by atoms with E-state index >= 15 is 0 Å². The van der Waals surface area contributed by atoms with E-state index in [1.165, 1.54) is 0 Å². The van der Waals surface area contributed by atoms with Crippen LogP contribution in [0.5, 0.6) is 0 Å². The minimum absolute atomic E-state index is 0.217. The fraction of sp³-hybridized carbons (Fsp3) is 0.500. The number of hydrogen-bond donors (Lipinski definition) is 1. The largest absolute Gasteiger partial charge is 0.449 e. The van der Waals surface area contributed by atoms with Gasteiger partial charge in [0.15, 0.2) is 0 Å². The molecule has 0 saturated carbocycles. The Morgan fingerprint density at radius 1 is 1.23 bits per heavy atom. The third kappa shape index (κ3) is 3.32. The summed E-state index contributed by atoms with van der Waals surface area (Å²) in [6.45, 7) is 1.91. The zero-order chi connectivity index (χ0) is 15.4. The van der Waals surface area contributed by atoms with Gasteiger partial charge in [-0.15, -0.1) is 0 Å². The number of piperidine rings is 1. The zero-order valence-electron chi connectivity index (χ0n) is 12.4. The molecule has 1 aromatic carbocycles. The Morgan fingerprint density at radius 3 is 2.64 bits per heavy atom. The Labute approximate surface area is 129 Å². The second-order valence-corrected chi connectivity index (χ2v) is 5.82. The summed E-state index contributed by atoms with van der Waals surface area (Å²) in [5.74, 6) is 0. The fourth-order valence-electron chi connectivity index (χ4n) is 2.96. The maximum absolute atomic E-state index is 12.1. The quantitative estimate of drug-likeness (QED) is 0.910. The van der Waals surface area contributed by atoms with Crippen molar-refractivity contribution in [1.82, 2.24) is 10.2 Å². The number of ether oxygens (including phenoxy) is 2. The van der Waals surface area contributed by atoms with E-state index in [-0.39, 0.29) is 24.3 Å². The molecule has 118 valence electrons. The highest BCUT2D eigenvalue weighted by atomic mass is 16.6. The molecule has 1 aromatic rings. The van der Waals surface area contributed by atoms with Crippen LogP contribution in [-0.2, 0) is 16.1 Å². The smallest absolute Gasteiger partial charge is 0.410 e. The number of amides is 2. The van der Waals surface area contributed by atoms with Crippen molar-refractivity contribution in [3.8, 4) is 0 Å². The molecule has 2 saturated heterocycles. The lowest BCUT2D eigenvalue weighted by molar-refractivity contribution is 0.0428. The second kappa shape index (κ2) is 6.25. The molecule has 2 aliphatic heterocycles. The van der Waals surface area contributed by atoms with Crippen LogP contribution >= 0.6 is 0 Å². The van der Waals surface area contributed by atoms with Gasteiger partial charge >= 0.3 is 12.2 Å². The number of nitrogens with one attached hydrogen (secondary N) is 1. The lowest BCUT2D eigenvalue weighted by Crippen LogP contribution is -2.59. The molecule has 0 aliphatic carbocycles. The van der Waals surface area contributed by atoms with Crippen molar-refractivity contribution < 1.29 is 19.1 Å². The lowest BCUT2D eigenvalue weighted by Gasteiger charge is -2.43. The van der Waals surface area contributed by atoms with E-state index in [4.69, 9.17) is 9.47 Å². The number of carbonyl (C=O) groups excluding carboxylic acids is 2. The van der Waals surface area contributed by atoms with Crippen LogP contribution < -0.4 is 5.32 Å². The van der Waals surface area contributed by atoms with Crippen LogP contribution in [0.2, 0.25) is 0 Å². The van der Waals surface area contributed by atoms with Gasteiger partial charge in [-0.2, -0.15) is 0 Å². The fourth-order valence-corrected chi connectivity index (χ4v) is 2.96. The highest BCUT2D eigenvalue weighted by molar-refractivity contribution is 5.70. The Balaban J connectivity index is 1.48. The van der Waals surface area contributed by atoms with Crippen LogP contribution in [0.15, 0.2) is 30.3 Å². The van der Waals surface area contributed by atoms with Gasteiger partial charge in [-0.05, 0) is 18.4 Å². The number of nitrogens with zero attached hydrogens (tertiary/aromatic N) is 1. The molecule has 2 heterocycles. The third-order valence-electron chi connectivity index (χ3n) is 4.36. The summed E-state index contributed by atoms with van der Waals surface area (Å²) in [5, 5.41) is 2.91. The van der Waals surface area contributed by atoms with Crippen LogP contribution in [0.4, 0.5) is 9.59 Å². The van der Waals surface area contributed by atoms with Crippen molar-refractivity contribution in [2.45, 2.75) is 31.4 Å². The number of carbonyl (C=O) groups is 2. The molecule has 0 bridgehead atoms. The number of rotatable bonds is 2. The third-order valence-corrected chi connectivity index (χ3v) is 4.36. The summed E-state index contributed by atoms with van der Waals surface area (Å²) in [6, 6.07) is 9.62. The Hall–Kier alpha value is -2.24. The molecule has 0 unspecified atom stereocenters. The van der Waals surface area contributed by atoms with Gasteiger partial charge in [0.1, 0.15) is 6.61 Å². The van der Waals surface area contributed by atoms with E-state index < -0.39 is 0 Å². The van der Waals surface area contributed by atoms with Gasteiger partial charge in [0.05, 0.1) is 6.61 Å². The predicted octanol–water partition coefficient (Wildman–Crippen LogP) is 2.29. The first-order valence-corrected chi connectivity index (χ1v) is 7.57. The first-order valence-electron chi connectivity index (χ1n) is 7.57. The van der Waals surface area contributed by atoms with Crippen molar-refractivity contribution in [2.24, 2.45) is 0 Å². The van der Waals surface area contributed by atoms with E-state index in [9.17, 15) is 9.59 Å². The van der Waals surface area contributed by atoms with Crippen LogP contribution in [-0.4, -0.2) is 42.3 Å². The molecule has 0 aromatic heterocycles. The molecule has 2 aliphatic rings. The molecule has 3 rings (SSSR count). The summed E-state index contributed by atoms with van der Waals surface area (Å²) >= 11 is 0. The summed E-state index contributed by atoms with van der Waals surface area (Å²) in [6.07, 6.45) is 1.62. The van der Waals surface area contributed by atoms with Crippen molar-refractivity contribution in [3.63, 3.8) is 0 Å². The average molecular weight is 304 g/mol. The molecule has 6 heteroatoms. The van der Waals surface area contributed by atoms with E-state index in [0.717, 1.165) is 24.8 Å². The van der Waals surface area contributed by atoms with Crippen molar-refractivity contribution in [2.75, 3.05) is 19.7 Å². The molecule has 2 fully saturated rings. The van der Waals surface area contributed by atoms with Crippen LogP contribution in [0.1, 0.15) is 24.8 Å². The normalized spacial score (nSPS) is 20.2. The molecule has 2 amide bonds. The van der Waals surface area contributed by atoms with Gasteiger partial charge in [-0.1, -0.05) is 30.3 Å². The van der Waals surface area contributed by atoms with Crippen LogP contribution in [0, 0.1) is 0 Å². The molecule has 1 spiro atoms. The Morgan fingerprint density at radius 2 is 1.95 bits per heavy atom. The van der Waals surface area contributed by atoms with E-state index in [1.54, 1.807) is 4.90 Å². The SMILES string of the molecule is O=C1NC2(CCO1)CCN(C(=O)OCc1ccccc1)CC2. The lowest BCUT2D eigenvalue weighted by atomic mass is 9.84. The highest BCUT2D eigenvalue weighted by Crippen LogP contribution is 2.28. The van der Waals surface area contributed by atoms with Gasteiger partial charge in [0, 0.05) is 25.0 Å². The summed E-state index contributed by atoms with van der Waals surface area (Å²) in [4.78, 5) is 25.2. The first kappa shape index (κ1) is 14.7. The minimum Gasteiger partial charge on any atom is -0.449 e. The molecular formula is C16H20N2O4. The molecule has 0 radical (unpaired) electrons. The first-order chi connectivity index (χ1) is 10.7. The average Bonchev–Trinajstić information content (AvgIpc) is 2.54. The van der Waals surface area contributed by atoms with Crippen LogP contribution in [0.3, 0.4) is 0 Å². The van der Waals surface area contributed by atoms with Gasteiger partial charge in [0.2, 0.25) is 0 Å². The maximum atomic E-state index is 12.1. The van der Waals surface area contributed by atoms with Gasteiger partial charge in [-0.3, -0.25) is 0 Å². The molecule has 1 N–H and O–H groups in total. The highest BCUT2D eigenvalue weighted by Gasteiger charge is 2.40. The topological polar surface area (TPSA) is 67.9 Å². The molecule has 6 nitrogen and oxygen atoms in total. The standard InChI is InChI=1S/C16H20N2O4/c19-14-17-16(8-11-21-14)6-9-18(10-7-16)15(20)22-12-13-4-2-1-3-5-13/h1-5H,6-12H2,(H,17,19). The van der Waals surface area contributed by atoms with Crippen molar-refractivity contribution in [1.29, 1.82) is 0 Å². The molecule has 0 atom stereocenters. The van der Waals surface area contributed by atoms with E-state index in [0.29, 0.717) is 19.7 Å².